The SMILES string of the molecule is CC(C)CN(C(=O)CSc1nnc(C2CC2)n1-c1ccccc1)[C@@H]1CCS(=O)(=O)C1. The van der Waals surface area contributed by atoms with Gasteiger partial charge in [-0.1, -0.05) is 43.8 Å². The summed E-state index contributed by atoms with van der Waals surface area (Å²) in [4.78, 5) is 14.9. The Labute approximate surface area is 182 Å². The molecule has 1 aromatic carbocycles. The smallest absolute Gasteiger partial charge is 0.233 e. The van der Waals surface area contributed by atoms with Crippen LogP contribution >= 0.6 is 11.8 Å². The molecule has 1 aliphatic carbocycles. The molecule has 4 rings (SSSR count). The lowest BCUT2D eigenvalue weighted by Crippen LogP contribution is -2.44. The zero-order valence-corrected chi connectivity index (χ0v) is 19.0. The summed E-state index contributed by atoms with van der Waals surface area (Å²) < 4.78 is 25.9. The third-order valence-corrected chi connectivity index (χ3v) is 8.14. The molecule has 30 heavy (non-hydrogen) atoms. The van der Waals surface area contributed by atoms with Gasteiger partial charge in [0.2, 0.25) is 5.91 Å². The summed E-state index contributed by atoms with van der Waals surface area (Å²) in [6.07, 6.45) is 2.76. The number of thioether (sulfide) groups is 1. The van der Waals surface area contributed by atoms with Crippen LogP contribution in [0.3, 0.4) is 0 Å². The summed E-state index contributed by atoms with van der Waals surface area (Å²) in [5.41, 5.74) is 1.00. The largest absolute Gasteiger partial charge is 0.338 e. The molecule has 9 heteroatoms. The molecule has 0 unspecified atom stereocenters. The monoisotopic (exact) mass is 448 g/mol. The average molecular weight is 449 g/mol. The third kappa shape index (κ3) is 4.88. The van der Waals surface area contributed by atoms with Crippen molar-refractivity contribution in [3.8, 4) is 5.69 Å². The molecule has 7 nitrogen and oxygen atoms in total. The lowest BCUT2D eigenvalue weighted by atomic mass is 10.1. The van der Waals surface area contributed by atoms with E-state index < -0.39 is 9.84 Å². The third-order valence-electron chi connectivity index (χ3n) is 5.47. The zero-order valence-electron chi connectivity index (χ0n) is 17.4. The fraction of sp³-hybridized carbons (Fsp3) is 0.571. The van der Waals surface area contributed by atoms with Gasteiger partial charge in [-0.25, -0.2) is 8.42 Å². The van der Waals surface area contributed by atoms with Gasteiger partial charge in [0.05, 0.1) is 17.3 Å². The van der Waals surface area contributed by atoms with Crippen LogP contribution in [0.4, 0.5) is 0 Å². The van der Waals surface area contributed by atoms with Gasteiger partial charge in [-0.2, -0.15) is 0 Å². The predicted octanol–water partition coefficient (Wildman–Crippen LogP) is 2.91. The second-order valence-electron chi connectivity index (χ2n) is 8.57. The maximum Gasteiger partial charge on any atom is 0.233 e. The molecule has 0 radical (unpaired) electrons. The molecule has 2 aliphatic rings. The molecule has 1 aromatic heterocycles. The van der Waals surface area contributed by atoms with Crippen molar-refractivity contribution in [3.05, 3.63) is 36.2 Å². The van der Waals surface area contributed by atoms with Crippen molar-refractivity contribution in [2.45, 2.75) is 50.2 Å². The topological polar surface area (TPSA) is 85.2 Å². The van der Waals surface area contributed by atoms with Crippen LogP contribution in [0.15, 0.2) is 35.5 Å². The van der Waals surface area contributed by atoms with Crippen LogP contribution in [0.25, 0.3) is 5.69 Å². The van der Waals surface area contributed by atoms with Crippen LogP contribution in [0, 0.1) is 5.92 Å². The minimum atomic E-state index is -3.05. The quantitative estimate of drug-likeness (QED) is 0.577. The second-order valence-corrected chi connectivity index (χ2v) is 11.7. The minimum absolute atomic E-state index is 0.0358. The van der Waals surface area contributed by atoms with Crippen molar-refractivity contribution in [1.29, 1.82) is 0 Å². The number of aromatic nitrogens is 3. The molecule has 2 heterocycles. The van der Waals surface area contributed by atoms with Crippen molar-refractivity contribution < 1.29 is 13.2 Å². The number of para-hydroxylation sites is 1. The van der Waals surface area contributed by atoms with Gasteiger partial charge in [0, 0.05) is 24.2 Å². The molecule has 1 atom stereocenters. The van der Waals surface area contributed by atoms with E-state index in [1.807, 2.05) is 44.2 Å². The van der Waals surface area contributed by atoms with Gasteiger partial charge in [0.15, 0.2) is 15.0 Å². The first-order valence-electron chi connectivity index (χ1n) is 10.5. The molecule has 162 valence electrons. The van der Waals surface area contributed by atoms with Gasteiger partial charge in [0.1, 0.15) is 5.82 Å². The molecule has 1 saturated heterocycles. The zero-order chi connectivity index (χ0) is 21.3. The first-order valence-corrected chi connectivity index (χ1v) is 13.3. The van der Waals surface area contributed by atoms with Crippen LogP contribution < -0.4 is 0 Å². The van der Waals surface area contributed by atoms with Crippen molar-refractivity contribution in [2.75, 3.05) is 23.8 Å². The number of carbonyl (C=O) groups is 1. The normalized spacial score (nSPS) is 20.6. The molecule has 1 amide bonds. The molecular formula is C21H28N4O3S2. The Hall–Kier alpha value is -1.87. The van der Waals surface area contributed by atoms with E-state index in [-0.39, 0.29) is 35.1 Å². The number of rotatable bonds is 8. The summed E-state index contributed by atoms with van der Waals surface area (Å²) in [6, 6.07) is 9.76. The molecular weight excluding hydrogens is 420 g/mol. The number of hydrogen-bond donors (Lipinski definition) is 0. The number of amides is 1. The van der Waals surface area contributed by atoms with Crippen molar-refractivity contribution in [3.63, 3.8) is 0 Å². The fourth-order valence-corrected chi connectivity index (χ4v) is 6.45. The number of carbonyl (C=O) groups excluding carboxylic acids is 1. The summed E-state index contributed by atoms with van der Waals surface area (Å²) in [5.74, 6) is 2.09. The summed E-state index contributed by atoms with van der Waals surface area (Å²) >= 11 is 1.38. The maximum atomic E-state index is 13.1. The van der Waals surface area contributed by atoms with Crippen molar-refractivity contribution in [1.82, 2.24) is 19.7 Å². The van der Waals surface area contributed by atoms with Gasteiger partial charge in [-0.3, -0.25) is 9.36 Å². The minimum Gasteiger partial charge on any atom is -0.338 e. The van der Waals surface area contributed by atoms with Gasteiger partial charge >= 0.3 is 0 Å². The highest BCUT2D eigenvalue weighted by molar-refractivity contribution is 7.99. The van der Waals surface area contributed by atoms with Gasteiger partial charge in [-0.05, 0) is 37.3 Å². The Morgan fingerprint density at radius 1 is 1.20 bits per heavy atom. The van der Waals surface area contributed by atoms with Crippen LogP contribution in [0.5, 0.6) is 0 Å². The van der Waals surface area contributed by atoms with E-state index in [0.717, 1.165) is 24.4 Å². The van der Waals surface area contributed by atoms with Gasteiger partial charge < -0.3 is 4.90 Å². The molecule has 2 aromatic rings. The van der Waals surface area contributed by atoms with E-state index in [1.54, 1.807) is 4.90 Å². The summed E-state index contributed by atoms with van der Waals surface area (Å²) in [5, 5.41) is 9.49. The standard InChI is InChI=1S/C21H28N4O3S2/c1-15(2)12-24(18-10-11-30(27,28)14-18)19(26)13-29-21-23-22-20(16-8-9-16)25(21)17-6-4-3-5-7-17/h3-7,15-16,18H,8-14H2,1-2H3/t18-/m1/s1. The van der Waals surface area contributed by atoms with Gasteiger partial charge in [-0.15, -0.1) is 10.2 Å². The van der Waals surface area contributed by atoms with E-state index in [9.17, 15) is 13.2 Å². The second kappa shape index (κ2) is 8.70. The number of hydrogen-bond acceptors (Lipinski definition) is 6. The predicted molar refractivity (Wildman–Crippen MR) is 118 cm³/mol. The summed E-state index contributed by atoms with van der Waals surface area (Å²) in [6.45, 7) is 4.66. The lowest BCUT2D eigenvalue weighted by Gasteiger charge is -2.29. The summed E-state index contributed by atoms with van der Waals surface area (Å²) in [7, 11) is -3.05. The highest BCUT2D eigenvalue weighted by Crippen LogP contribution is 2.41. The number of nitrogens with zero attached hydrogens (tertiary/aromatic N) is 4. The Morgan fingerprint density at radius 2 is 1.93 bits per heavy atom. The molecule has 2 fully saturated rings. The van der Waals surface area contributed by atoms with Crippen LogP contribution in [0.1, 0.15) is 44.9 Å². The average Bonchev–Trinajstić information content (AvgIpc) is 3.37. The van der Waals surface area contributed by atoms with E-state index in [2.05, 4.69) is 14.8 Å². The van der Waals surface area contributed by atoms with Crippen molar-refractivity contribution >= 4 is 27.5 Å². The van der Waals surface area contributed by atoms with Crippen LogP contribution in [-0.2, 0) is 14.6 Å². The first-order chi connectivity index (χ1) is 14.3. The molecule has 1 saturated carbocycles. The highest BCUT2D eigenvalue weighted by Gasteiger charge is 2.35. The Bertz CT molecular complexity index is 1000. The molecule has 0 spiro atoms. The Kier molecular flexibility index (Phi) is 6.20. The highest BCUT2D eigenvalue weighted by atomic mass is 32.2. The lowest BCUT2D eigenvalue weighted by molar-refractivity contribution is -0.130. The molecule has 0 bridgehead atoms. The fourth-order valence-electron chi connectivity index (χ4n) is 3.88. The van der Waals surface area contributed by atoms with E-state index in [1.165, 1.54) is 11.8 Å². The first kappa shape index (κ1) is 21.4. The van der Waals surface area contributed by atoms with Crippen molar-refractivity contribution in [2.24, 2.45) is 5.92 Å². The molecule has 0 N–H and O–H groups in total. The van der Waals surface area contributed by atoms with E-state index in [0.29, 0.717) is 24.0 Å². The number of benzene rings is 1. The van der Waals surface area contributed by atoms with Crippen LogP contribution in [0.2, 0.25) is 0 Å². The maximum absolute atomic E-state index is 13.1. The van der Waals surface area contributed by atoms with Crippen LogP contribution in [-0.4, -0.2) is 63.8 Å². The van der Waals surface area contributed by atoms with E-state index >= 15 is 0 Å². The van der Waals surface area contributed by atoms with Gasteiger partial charge in [0.25, 0.3) is 0 Å². The Morgan fingerprint density at radius 3 is 2.53 bits per heavy atom. The molecule has 1 aliphatic heterocycles. The van der Waals surface area contributed by atoms with E-state index in [4.69, 9.17) is 0 Å². The Balaban J connectivity index is 1.51. The number of sulfone groups is 1.